The lowest BCUT2D eigenvalue weighted by atomic mass is 10.3. The smallest absolute Gasteiger partial charge is 0.236 e. The fourth-order valence-electron chi connectivity index (χ4n) is 1.13. The van der Waals surface area contributed by atoms with Crippen LogP contribution >= 0.6 is 0 Å². The van der Waals surface area contributed by atoms with Crippen molar-refractivity contribution in [3.8, 4) is 0 Å². The normalized spacial score (nSPS) is 25.8. The fourth-order valence-corrected chi connectivity index (χ4v) is 1.91. The van der Waals surface area contributed by atoms with E-state index >= 15 is 0 Å². The van der Waals surface area contributed by atoms with Crippen LogP contribution in [0.1, 0.15) is 6.42 Å². The summed E-state index contributed by atoms with van der Waals surface area (Å²) in [6, 6.07) is 0. The summed E-state index contributed by atoms with van der Waals surface area (Å²) in [5.41, 5.74) is 0.206. The van der Waals surface area contributed by atoms with Crippen molar-refractivity contribution in [2.75, 3.05) is 6.26 Å². The molecular formula is C10H13NO3S. The molecule has 0 spiro atoms. The molecule has 0 saturated heterocycles. The predicted octanol–water partition coefficient (Wildman–Crippen LogP) is 1.68. The summed E-state index contributed by atoms with van der Waals surface area (Å²) >= 11 is 0. The first-order chi connectivity index (χ1) is 6.91. The van der Waals surface area contributed by atoms with Gasteiger partial charge < -0.3 is 5.11 Å². The number of aliphatic hydroxyl groups is 1. The molecule has 0 aromatic rings. The average Bonchev–Trinajstić information content (AvgIpc) is 2.14. The van der Waals surface area contributed by atoms with Gasteiger partial charge in [-0.05, 0) is 12.5 Å². The van der Waals surface area contributed by atoms with Gasteiger partial charge in [0.1, 0.15) is 5.76 Å². The molecule has 0 amide bonds. The van der Waals surface area contributed by atoms with E-state index in [9.17, 15) is 13.5 Å². The Morgan fingerprint density at radius 2 is 2.13 bits per heavy atom. The summed E-state index contributed by atoms with van der Waals surface area (Å²) in [5.74, 6) is -0.0163. The molecule has 4 nitrogen and oxygen atoms in total. The fraction of sp³-hybridized carbons (Fsp3) is 0.200. The Morgan fingerprint density at radius 1 is 1.47 bits per heavy atom. The third kappa shape index (κ3) is 3.28. The highest BCUT2D eigenvalue weighted by atomic mass is 32.2. The van der Waals surface area contributed by atoms with E-state index in [-0.39, 0.29) is 11.5 Å². The van der Waals surface area contributed by atoms with Crippen LogP contribution in [-0.2, 0) is 10.0 Å². The number of hydrogen-bond acceptors (Lipinski definition) is 3. The van der Waals surface area contributed by atoms with Crippen LogP contribution in [0.3, 0.4) is 0 Å². The van der Waals surface area contributed by atoms with Gasteiger partial charge in [-0.2, -0.15) is 0 Å². The summed E-state index contributed by atoms with van der Waals surface area (Å²) < 4.78 is 23.8. The van der Waals surface area contributed by atoms with E-state index < -0.39 is 10.0 Å². The lowest BCUT2D eigenvalue weighted by Gasteiger charge is -2.17. The van der Waals surface area contributed by atoms with Gasteiger partial charge in [0.25, 0.3) is 0 Å². The zero-order valence-electron chi connectivity index (χ0n) is 8.42. The Hall–Kier alpha value is -1.49. The summed E-state index contributed by atoms with van der Waals surface area (Å²) in [4.78, 5) is 0. The minimum absolute atomic E-state index is 0.0163. The molecule has 1 aliphatic rings. The van der Waals surface area contributed by atoms with E-state index in [2.05, 4.69) is 6.58 Å². The van der Waals surface area contributed by atoms with Crippen molar-refractivity contribution in [2.24, 2.45) is 0 Å². The molecule has 1 heterocycles. The first kappa shape index (κ1) is 11.6. The molecule has 15 heavy (non-hydrogen) atoms. The van der Waals surface area contributed by atoms with Gasteiger partial charge in [-0.25, -0.2) is 12.7 Å². The second-order valence-corrected chi connectivity index (χ2v) is 5.00. The van der Waals surface area contributed by atoms with E-state index in [0.717, 1.165) is 10.6 Å². The molecular weight excluding hydrogens is 214 g/mol. The molecule has 1 aliphatic heterocycles. The minimum atomic E-state index is -3.39. The number of aliphatic hydroxyl groups excluding tert-OH is 1. The summed E-state index contributed by atoms with van der Waals surface area (Å²) in [6.45, 7) is 3.58. The van der Waals surface area contributed by atoms with Crippen molar-refractivity contribution in [3.63, 3.8) is 0 Å². The Bertz CT molecular complexity index is 443. The Kier molecular flexibility index (Phi) is 3.36. The molecule has 1 rings (SSSR count). The maximum atomic E-state index is 11.4. The molecule has 0 aliphatic carbocycles. The van der Waals surface area contributed by atoms with E-state index in [0.29, 0.717) is 6.42 Å². The van der Waals surface area contributed by atoms with E-state index in [1.807, 2.05) is 0 Å². The third-order valence-electron chi connectivity index (χ3n) is 1.76. The maximum absolute atomic E-state index is 11.4. The highest BCUT2D eigenvalue weighted by molar-refractivity contribution is 7.88. The van der Waals surface area contributed by atoms with Gasteiger partial charge in [0, 0.05) is 12.3 Å². The average molecular weight is 227 g/mol. The maximum Gasteiger partial charge on any atom is 0.236 e. The number of allylic oxidation sites excluding steroid dienone is 4. The molecule has 0 radical (unpaired) electrons. The zero-order chi connectivity index (χ0) is 11.5. The molecule has 0 atom stereocenters. The van der Waals surface area contributed by atoms with Crippen LogP contribution in [0, 0.1) is 0 Å². The standard InChI is InChI=1S/C10H13NO3S/c1-9-8-10(12)6-4-3-5-7-11(9)15(2,13)14/h4-8,12H,1,3H2,2H3/b6-4-,7-5-,10-8+. The van der Waals surface area contributed by atoms with E-state index in [4.69, 9.17) is 0 Å². The highest BCUT2D eigenvalue weighted by Gasteiger charge is 2.14. The van der Waals surface area contributed by atoms with Crippen LogP contribution in [0.5, 0.6) is 0 Å². The molecule has 0 aromatic carbocycles. The van der Waals surface area contributed by atoms with E-state index in [1.165, 1.54) is 18.4 Å². The summed E-state index contributed by atoms with van der Waals surface area (Å²) in [7, 11) is -3.39. The van der Waals surface area contributed by atoms with Gasteiger partial charge >= 0.3 is 0 Å². The molecule has 0 aromatic heterocycles. The third-order valence-corrected chi connectivity index (χ3v) is 2.83. The highest BCUT2D eigenvalue weighted by Crippen LogP contribution is 2.14. The van der Waals surface area contributed by atoms with Crippen molar-refractivity contribution in [1.82, 2.24) is 4.31 Å². The number of hydrogen-bond donors (Lipinski definition) is 1. The van der Waals surface area contributed by atoms with Gasteiger partial charge in [-0.3, -0.25) is 0 Å². The van der Waals surface area contributed by atoms with Gasteiger partial charge in [-0.15, -0.1) is 0 Å². The molecule has 0 unspecified atom stereocenters. The number of nitrogens with zero attached hydrogens (tertiary/aromatic N) is 1. The molecule has 5 heteroatoms. The first-order valence-electron chi connectivity index (χ1n) is 4.33. The van der Waals surface area contributed by atoms with Crippen molar-refractivity contribution >= 4 is 10.0 Å². The SMILES string of the molecule is C=C1/C=C(O)\C=C/C/C=C\N1S(C)(=O)=O. The lowest BCUT2D eigenvalue weighted by molar-refractivity contribution is 0.430. The lowest BCUT2D eigenvalue weighted by Crippen LogP contribution is -2.22. The number of sulfonamides is 1. The molecule has 1 N–H and O–H groups in total. The molecule has 0 bridgehead atoms. The Balaban J connectivity index is 3.13. The second-order valence-electron chi connectivity index (χ2n) is 3.14. The van der Waals surface area contributed by atoms with Crippen molar-refractivity contribution in [2.45, 2.75) is 6.42 Å². The van der Waals surface area contributed by atoms with Crippen molar-refractivity contribution < 1.29 is 13.5 Å². The van der Waals surface area contributed by atoms with Crippen LogP contribution in [-0.4, -0.2) is 24.1 Å². The minimum Gasteiger partial charge on any atom is -0.508 e. The van der Waals surface area contributed by atoms with E-state index in [1.54, 1.807) is 12.2 Å². The van der Waals surface area contributed by atoms with Crippen LogP contribution < -0.4 is 0 Å². The molecule has 0 fully saturated rings. The second kappa shape index (κ2) is 4.35. The summed E-state index contributed by atoms with van der Waals surface area (Å²) in [5, 5.41) is 9.36. The summed E-state index contributed by atoms with van der Waals surface area (Å²) in [6.07, 6.45) is 9.26. The topological polar surface area (TPSA) is 57.6 Å². The van der Waals surface area contributed by atoms with Crippen LogP contribution in [0.2, 0.25) is 0 Å². The van der Waals surface area contributed by atoms with Crippen LogP contribution in [0.4, 0.5) is 0 Å². The number of rotatable bonds is 1. The van der Waals surface area contributed by atoms with Gasteiger partial charge in [0.05, 0.1) is 12.0 Å². The van der Waals surface area contributed by atoms with Crippen molar-refractivity contribution in [1.29, 1.82) is 0 Å². The molecule has 82 valence electrons. The van der Waals surface area contributed by atoms with Crippen LogP contribution in [0.25, 0.3) is 0 Å². The zero-order valence-corrected chi connectivity index (χ0v) is 9.24. The van der Waals surface area contributed by atoms with Gasteiger partial charge in [-0.1, -0.05) is 18.7 Å². The molecule has 0 saturated carbocycles. The largest absolute Gasteiger partial charge is 0.508 e. The van der Waals surface area contributed by atoms with Crippen LogP contribution in [0.15, 0.2) is 48.5 Å². The Morgan fingerprint density at radius 3 is 2.73 bits per heavy atom. The quantitative estimate of drug-likeness (QED) is 0.741. The van der Waals surface area contributed by atoms with Gasteiger partial charge in [0.2, 0.25) is 10.0 Å². The van der Waals surface area contributed by atoms with Crippen molar-refractivity contribution in [3.05, 3.63) is 48.5 Å². The predicted molar refractivity (Wildman–Crippen MR) is 59.4 cm³/mol. The Labute approximate surface area is 89.6 Å². The van der Waals surface area contributed by atoms with Gasteiger partial charge in [0.15, 0.2) is 0 Å². The monoisotopic (exact) mass is 227 g/mol. The first-order valence-corrected chi connectivity index (χ1v) is 6.18.